The van der Waals surface area contributed by atoms with Crippen LogP contribution in [0.4, 0.5) is 0 Å². The van der Waals surface area contributed by atoms with Gasteiger partial charge in [-0.1, -0.05) is 168 Å². The standard InChI is InChI=1S/C49H93N3O4/c1-6-9-12-15-18-20-21-22-23-24-25-27-30-33-36-47(54)52(49(44-53,50-42-48(55)56-5)41-45-37-39-51(4)40-38-45)43-46(34-31-28-17-14-11-8-3)35-32-29-26-19-16-13-10-7-2/h20-21,44-46,50H,6-19,22-43H2,1-5H3/b21-20-. The summed E-state index contributed by atoms with van der Waals surface area (Å²) in [5, 5.41) is 3.36. The number of piperidine rings is 1. The molecule has 2 unspecified atom stereocenters. The molecule has 1 saturated heterocycles. The molecule has 1 aliphatic rings. The van der Waals surface area contributed by atoms with Crippen LogP contribution in [-0.2, 0) is 19.1 Å². The maximum atomic E-state index is 14.6. The number of hydrogen-bond acceptors (Lipinski definition) is 6. The van der Waals surface area contributed by atoms with Gasteiger partial charge in [0.05, 0.1) is 13.7 Å². The predicted octanol–water partition coefficient (Wildman–Crippen LogP) is 12.7. The molecule has 1 heterocycles. The molecule has 1 fully saturated rings. The number of rotatable bonds is 39. The summed E-state index contributed by atoms with van der Waals surface area (Å²) in [6.07, 6.45) is 43.0. The lowest BCUT2D eigenvalue weighted by Crippen LogP contribution is -2.65. The number of likely N-dealkylation sites (tertiary alicyclic amines) is 1. The van der Waals surface area contributed by atoms with Gasteiger partial charge in [0.15, 0.2) is 11.9 Å². The Morgan fingerprint density at radius 1 is 0.696 bits per heavy atom. The van der Waals surface area contributed by atoms with Crippen molar-refractivity contribution in [2.45, 2.75) is 232 Å². The molecule has 1 N–H and O–H groups in total. The SMILES string of the molecule is CCCCCC/C=C\CCCCCCCCC(=O)N(CC(CCCCCCCC)CCCCCCCCCC)C(C=O)(CC1CCN(C)CC1)NCC(=O)OC. The van der Waals surface area contributed by atoms with Gasteiger partial charge in [-0.25, -0.2) is 0 Å². The largest absolute Gasteiger partial charge is 0.468 e. The molecule has 56 heavy (non-hydrogen) atoms. The van der Waals surface area contributed by atoms with Gasteiger partial charge in [0.2, 0.25) is 5.91 Å². The normalized spacial score (nSPS) is 15.6. The van der Waals surface area contributed by atoms with Crippen LogP contribution in [0.15, 0.2) is 12.2 Å². The molecular formula is C49H93N3O4. The number of nitrogens with one attached hydrogen (secondary N) is 1. The average Bonchev–Trinajstić information content (AvgIpc) is 3.21. The van der Waals surface area contributed by atoms with Crippen molar-refractivity contribution >= 4 is 18.2 Å². The first kappa shape index (κ1) is 52.3. The monoisotopic (exact) mass is 788 g/mol. The lowest BCUT2D eigenvalue weighted by molar-refractivity contribution is -0.150. The van der Waals surface area contributed by atoms with Crippen LogP contribution in [0.3, 0.4) is 0 Å². The molecule has 0 aromatic carbocycles. The fourth-order valence-electron chi connectivity index (χ4n) is 8.59. The topological polar surface area (TPSA) is 79.0 Å². The number of allylic oxidation sites excluding steroid dienone is 2. The lowest BCUT2D eigenvalue weighted by atomic mass is 9.85. The third-order valence-corrected chi connectivity index (χ3v) is 12.5. The van der Waals surface area contributed by atoms with Crippen molar-refractivity contribution in [2.75, 3.05) is 40.3 Å². The Morgan fingerprint density at radius 3 is 1.62 bits per heavy atom. The number of hydrogen-bond donors (Lipinski definition) is 1. The van der Waals surface area contributed by atoms with Crippen LogP contribution in [0.25, 0.3) is 0 Å². The Bertz CT molecular complexity index is 965. The van der Waals surface area contributed by atoms with Crippen molar-refractivity contribution < 1.29 is 19.1 Å². The second kappa shape index (κ2) is 36.4. The number of unbranched alkanes of at least 4 members (excludes halogenated alkanes) is 22. The molecule has 0 aliphatic carbocycles. The van der Waals surface area contributed by atoms with Gasteiger partial charge in [-0.05, 0) is 96.2 Å². The second-order valence-electron chi connectivity index (χ2n) is 17.6. The van der Waals surface area contributed by atoms with E-state index >= 15 is 0 Å². The van der Waals surface area contributed by atoms with Gasteiger partial charge in [-0.15, -0.1) is 0 Å². The van der Waals surface area contributed by atoms with E-state index < -0.39 is 11.6 Å². The minimum atomic E-state index is -1.21. The van der Waals surface area contributed by atoms with E-state index in [-0.39, 0.29) is 12.5 Å². The molecule has 7 heteroatoms. The minimum Gasteiger partial charge on any atom is -0.468 e. The van der Waals surface area contributed by atoms with Crippen LogP contribution in [0.1, 0.15) is 226 Å². The number of methoxy groups -OCH3 is 1. The number of carbonyl (C=O) groups excluding carboxylic acids is 3. The van der Waals surface area contributed by atoms with Gasteiger partial charge in [0.25, 0.3) is 0 Å². The highest BCUT2D eigenvalue weighted by molar-refractivity contribution is 5.82. The molecule has 0 aromatic heterocycles. The summed E-state index contributed by atoms with van der Waals surface area (Å²) in [5.41, 5.74) is -1.21. The summed E-state index contributed by atoms with van der Waals surface area (Å²) in [6, 6.07) is 0. The van der Waals surface area contributed by atoms with Crippen molar-refractivity contribution in [1.82, 2.24) is 15.1 Å². The van der Waals surface area contributed by atoms with Gasteiger partial charge >= 0.3 is 5.97 Å². The van der Waals surface area contributed by atoms with Crippen LogP contribution >= 0.6 is 0 Å². The predicted molar refractivity (Wildman–Crippen MR) is 239 cm³/mol. The van der Waals surface area contributed by atoms with E-state index in [1.54, 1.807) is 0 Å². The van der Waals surface area contributed by atoms with Crippen molar-refractivity contribution in [1.29, 1.82) is 0 Å². The van der Waals surface area contributed by atoms with E-state index in [9.17, 15) is 14.4 Å². The number of aldehydes is 1. The summed E-state index contributed by atoms with van der Waals surface area (Å²) in [7, 11) is 3.54. The van der Waals surface area contributed by atoms with Gasteiger partial charge < -0.3 is 14.5 Å². The molecule has 7 nitrogen and oxygen atoms in total. The highest BCUT2D eigenvalue weighted by Crippen LogP contribution is 2.31. The van der Waals surface area contributed by atoms with E-state index in [1.807, 2.05) is 4.90 Å². The average molecular weight is 788 g/mol. The van der Waals surface area contributed by atoms with Crippen LogP contribution in [0.2, 0.25) is 0 Å². The molecule has 0 bridgehead atoms. The zero-order valence-corrected chi connectivity index (χ0v) is 37.9. The van der Waals surface area contributed by atoms with E-state index in [1.165, 1.54) is 155 Å². The summed E-state index contributed by atoms with van der Waals surface area (Å²) >= 11 is 0. The molecule has 328 valence electrons. The first-order chi connectivity index (χ1) is 27.3. The van der Waals surface area contributed by atoms with Crippen molar-refractivity contribution in [3.8, 4) is 0 Å². The fraction of sp³-hybridized carbons (Fsp3) is 0.898. The third kappa shape index (κ3) is 26.3. The number of amides is 1. The molecule has 2 atom stereocenters. The number of esters is 1. The lowest BCUT2D eigenvalue weighted by Gasteiger charge is -2.45. The fourth-order valence-corrected chi connectivity index (χ4v) is 8.59. The maximum absolute atomic E-state index is 14.6. The number of carbonyl (C=O) groups is 3. The second-order valence-corrected chi connectivity index (χ2v) is 17.6. The van der Waals surface area contributed by atoms with Crippen LogP contribution in [-0.4, -0.2) is 74.0 Å². The zero-order valence-electron chi connectivity index (χ0n) is 37.9. The van der Waals surface area contributed by atoms with Gasteiger partial charge in [0, 0.05) is 13.0 Å². The molecule has 1 amide bonds. The first-order valence-electron chi connectivity index (χ1n) is 24.3. The van der Waals surface area contributed by atoms with Gasteiger partial charge in [-0.2, -0.15) is 0 Å². The van der Waals surface area contributed by atoms with E-state index in [2.05, 4.69) is 50.2 Å². The number of nitrogens with zero attached hydrogens (tertiary/aromatic N) is 2. The van der Waals surface area contributed by atoms with E-state index in [4.69, 9.17) is 4.74 Å². The highest BCUT2D eigenvalue weighted by atomic mass is 16.5. The Kier molecular flexibility index (Phi) is 33.9. The highest BCUT2D eigenvalue weighted by Gasteiger charge is 2.42. The van der Waals surface area contributed by atoms with Crippen molar-refractivity contribution in [3.05, 3.63) is 12.2 Å². The molecule has 0 radical (unpaired) electrons. The van der Waals surface area contributed by atoms with Gasteiger partial charge in [0.1, 0.15) is 0 Å². The zero-order chi connectivity index (χ0) is 41.0. The summed E-state index contributed by atoms with van der Waals surface area (Å²) in [6.45, 7) is 9.27. The molecular weight excluding hydrogens is 695 g/mol. The summed E-state index contributed by atoms with van der Waals surface area (Å²) in [5.74, 6) is 0.303. The molecule has 0 spiro atoms. The Labute approximate surface area is 347 Å². The van der Waals surface area contributed by atoms with Crippen LogP contribution in [0, 0.1) is 11.8 Å². The van der Waals surface area contributed by atoms with E-state index in [0.29, 0.717) is 31.2 Å². The van der Waals surface area contributed by atoms with Gasteiger partial charge in [-0.3, -0.25) is 19.7 Å². The van der Waals surface area contributed by atoms with Crippen LogP contribution in [0.5, 0.6) is 0 Å². The van der Waals surface area contributed by atoms with Crippen molar-refractivity contribution in [2.24, 2.45) is 11.8 Å². The Balaban J connectivity index is 3.06. The van der Waals surface area contributed by atoms with Crippen molar-refractivity contribution in [3.63, 3.8) is 0 Å². The smallest absolute Gasteiger partial charge is 0.319 e. The molecule has 0 aromatic rings. The molecule has 1 rings (SSSR count). The van der Waals surface area contributed by atoms with E-state index in [0.717, 1.165) is 64.3 Å². The van der Waals surface area contributed by atoms with Crippen LogP contribution < -0.4 is 5.32 Å². The summed E-state index contributed by atoms with van der Waals surface area (Å²) in [4.78, 5) is 44.9. The molecule has 0 saturated carbocycles. The molecule has 1 aliphatic heterocycles. The summed E-state index contributed by atoms with van der Waals surface area (Å²) < 4.78 is 5.04. The Morgan fingerprint density at radius 2 is 1.14 bits per heavy atom. The number of ether oxygens (including phenoxy) is 1. The minimum absolute atomic E-state index is 0.0651. The first-order valence-corrected chi connectivity index (χ1v) is 24.3. The third-order valence-electron chi connectivity index (χ3n) is 12.5. The maximum Gasteiger partial charge on any atom is 0.319 e. The Hall–Kier alpha value is -1.73. The quantitative estimate of drug-likeness (QED) is 0.0220.